The third kappa shape index (κ3) is 144. The Bertz CT molecular complexity index is 628. The summed E-state index contributed by atoms with van der Waals surface area (Å²) in [6.07, 6.45) is 10.6. The van der Waals surface area contributed by atoms with Crippen molar-refractivity contribution < 1.29 is 33.6 Å². The summed E-state index contributed by atoms with van der Waals surface area (Å²) in [5.74, 6) is 1.36. The van der Waals surface area contributed by atoms with Gasteiger partial charge in [0, 0.05) is 87.0 Å². The Morgan fingerprint density at radius 1 is 0.326 bits per heavy atom. The van der Waals surface area contributed by atoms with Crippen LogP contribution < -0.4 is 0 Å². The van der Waals surface area contributed by atoms with E-state index in [1.165, 1.54) is 33.1 Å². The molecule has 0 rings (SSSR count). The molecule has 0 unspecified atom stereocenters. The zero-order valence-corrected chi connectivity index (χ0v) is 28.4. The van der Waals surface area contributed by atoms with Crippen LogP contribution in [0.2, 0.25) is 0 Å². The fraction of sp³-hybridized carbons (Fsp3) is 0.774. The first-order chi connectivity index (χ1) is 17.1. The third-order valence-corrected chi connectivity index (χ3v) is 4.37. The van der Waals surface area contributed by atoms with Gasteiger partial charge in [0.05, 0.1) is 0 Å². The van der Waals surface area contributed by atoms with Crippen LogP contribution in [0.5, 0.6) is 0 Å². The summed E-state index contributed by atoms with van der Waals surface area (Å²) in [6.45, 7) is 16.9. The maximum Gasteiger partial charge on any atom is 0.130 e. The number of rotatable bonds is 15. The fourth-order valence-corrected chi connectivity index (χ4v) is 2.09. The summed E-state index contributed by atoms with van der Waals surface area (Å²) in [5, 5.41) is 0. The first-order valence-corrected chi connectivity index (χ1v) is 13.5. The number of ketones is 7. The Hall–Kier alpha value is -1.99. The van der Waals surface area contributed by atoms with Gasteiger partial charge in [-0.05, 0) is 67.7 Å². The van der Waals surface area contributed by atoms with E-state index in [0.717, 1.165) is 25.7 Å². The van der Waals surface area contributed by atoms with Gasteiger partial charge in [-0.3, -0.25) is 0 Å². The normalized spacial score (nSPS) is 7.58. The molecular weight excluding hydrogens is 538 g/mol. The van der Waals surface area contributed by atoms with Crippen molar-refractivity contribution >= 4 is 82.5 Å². The number of hydrogen-bond acceptors (Lipinski definition) is 7. The maximum absolute atomic E-state index is 10.4. The summed E-state index contributed by atoms with van der Waals surface area (Å²) >= 11 is 0. The SMILES string of the molecule is C.CC(=O)CCC(C)=O.CC(=O)CCCC(C)=O.CCC(C)=O.CCCC(C)=O.CCCCCCC(C)=O.[B].[B].[B].[B].[B]. The second-order valence-corrected chi connectivity index (χ2v) is 9.18. The highest BCUT2D eigenvalue weighted by Gasteiger charge is 1.96. The lowest BCUT2D eigenvalue weighted by Crippen LogP contribution is -1.95. The summed E-state index contributed by atoms with van der Waals surface area (Å²) in [5.41, 5.74) is 0. The quantitative estimate of drug-likeness (QED) is 0.170. The van der Waals surface area contributed by atoms with Crippen LogP contribution >= 0.6 is 0 Å². The van der Waals surface area contributed by atoms with Gasteiger partial charge in [0.2, 0.25) is 0 Å². The number of Topliss-reactive ketones (excluding diaryl/α,β-unsaturated/α-hetero) is 7. The van der Waals surface area contributed by atoms with E-state index in [-0.39, 0.29) is 84.2 Å². The molecule has 241 valence electrons. The Kier molecular flexibility index (Phi) is 101. The number of hydrogen-bond donors (Lipinski definition) is 0. The number of unbranched alkanes of at least 4 members (excludes halogenated alkanes) is 3. The smallest absolute Gasteiger partial charge is 0.130 e. The highest BCUT2D eigenvalue weighted by molar-refractivity contribution is 5.83. The molecule has 0 spiro atoms. The van der Waals surface area contributed by atoms with Gasteiger partial charge >= 0.3 is 0 Å². The molecule has 15 radical (unpaired) electrons. The van der Waals surface area contributed by atoms with Crippen LogP contribution in [0, 0.1) is 0 Å². The predicted octanol–water partition coefficient (Wildman–Crippen LogP) is 5.92. The van der Waals surface area contributed by atoms with E-state index in [4.69, 9.17) is 0 Å². The topological polar surface area (TPSA) is 119 Å². The average Bonchev–Trinajstić information content (AvgIpc) is 2.76. The molecule has 0 aliphatic rings. The van der Waals surface area contributed by atoms with Gasteiger partial charge in [-0.2, -0.15) is 0 Å². The van der Waals surface area contributed by atoms with Crippen molar-refractivity contribution in [3.63, 3.8) is 0 Å². The molecule has 0 saturated heterocycles. The van der Waals surface area contributed by atoms with Crippen molar-refractivity contribution in [3.8, 4) is 0 Å². The number of carbonyl (C=O) groups is 7. The molecule has 0 aromatic carbocycles. The van der Waals surface area contributed by atoms with E-state index in [1.807, 2.05) is 13.8 Å². The molecule has 12 heteroatoms. The van der Waals surface area contributed by atoms with Crippen LogP contribution in [0.1, 0.15) is 160 Å². The number of carbonyl (C=O) groups excluding carboxylic acids is 7. The Morgan fingerprint density at radius 2 is 0.581 bits per heavy atom. The molecular formula is C31H60B5O7. The van der Waals surface area contributed by atoms with Crippen molar-refractivity contribution in [1.82, 2.24) is 0 Å². The van der Waals surface area contributed by atoms with Crippen LogP contribution in [-0.4, -0.2) is 82.5 Å². The van der Waals surface area contributed by atoms with E-state index in [0.29, 0.717) is 44.3 Å². The molecule has 7 nitrogen and oxygen atoms in total. The van der Waals surface area contributed by atoms with E-state index in [1.54, 1.807) is 34.6 Å². The van der Waals surface area contributed by atoms with Gasteiger partial charge < -0.3 is 33.6 Å². The molecule has 43 heavy (non-hydrogen) atoms. The lowest BCUT2D eigenvalue weighted by molar-refractivity contribution is -0.122. The lowest BCUT2D eigenvalue weighted by atomic mass is 10.1. The van der Waals surface area contributed by atoms with Gasteiger partial charge in [0.25, 0.3) is 0 Å². The third-order valence-electron chi connectivity index (χ3n) is 4.37. The highest BCUT2D eigenvalue weighted by atomic mass is 16.1. The predicted molar refractivity (Wildman–Crippen MR) is 187 cm³/mol. The van der Waals surface area contributed by atoms with Gasteiger partial charge in [-0.25, -0.2) is 0 Å². The minimum absolute atomic E-state index is 0. The minimum Gasteiger partial charge on any atom is -0.300 e. The summed E-state index contributed by atoms with van der Waals surface area (Å²) in [4.78, 5) is 71.3. The second kappa shape index (κ2) is 59.4. The van der Waals surface area contributed by atoms with E-state index in [9.17, 15) is 33.6 Å². The molecule has 0 heterocycles. The first kappa shape index (κ1) is 72.9. The Balaban J connectivity index is -0.0000000324. The molecule has 0 aromatic heterocycles. The lowest BCUT2D eigenvalue weighted by Gasteiger charge is -1.93. The van der Waals surface area contributed by atoms with Crippen molar-refractivity contribution in [1.29, 1.82) is 0 Å². The molecule has 0 N–H and O–H groups in total. The highest BCUT2D eigenvalue weighted by Crippen LogP contribution is 2.02. The van der Waals surface area contributed by atoms with E-state index < -0.39 is 0 Å². The van der Waals surface area contributed by atoms with Crippen molar-refractivity contribution in [2.24, 2.45) is 0 Å². The molecule has 0 aliphatic carbocycles. The maximum atomic E-state index is 10.4. The molecule has 0 aliphatic heterocycles. The van der Waals surface area contributed by atoms with Gasteiger partial charge in [-0.15, -0.1) is 0 Å². The first-order valence-electron chi connectivity index (χ1n) is 13.5. The molecule has 0 fully saturated rings. The van der Waals surface area contributed by atoms with Crippen LogP contribution in [0.25, 0.3) is 0 Å². The zero-order chi connectivity index (χ0) is 30.2. The summed E-state index contributed by atoms with van der Waals surface area (Å²) in [7, 11) is 0. The van der Waals surface area contributed by atoms with Crippen LogP contribution in [-0.2, 0) is 33.6 Å². The van der Waals surface area contributed by atoms with Crippen molar-refractivity contribution in [2.45, 2.75) is 160 Å². The standard InChI is InChI=1S/C8H16O.C7H12O2.C6H10O2.C5H10O.C4H8O.CH4.5B/c1-3-4-5-6-7-8(2)9;1-6(8)4-3-5-7(2)9;1-5(7)3-4-6(2)8;1-3-4-5(2)6;1-3-4(2)5;;;;;;/h3-7H2,1-2H3;3-5H2,1-2H3;3-4H2,1-2H3;3-4H2,1-2H3;3H2,1-2H3;1H4;;;;;. The molecule has 0 amide bonds. The van der Waals surface area contributed by atoms with E-state index in [2.05, 4.69) is 6.92 Å². The van der Waals surface area contributed by atoms with Crippen LogP contribution in [0.15, 0.2) is 0 Å². The van der Waals surface area contributed by atoms with Gasteiger partial charge in [0.15, 0.2) is 0 Å². The molecule has 0 aromatic rings. The summed E-state index contributed by atoms with van der Waals surface area (Å²) < 4.78 is 0. The largest absolute Gasteiger partial charge is 0.300 e. The average molecular weight is 599 g/mol. The van der Waals surface area contributed by atoms with Gasteiger partial charge in [0.1, 0.15) is 40.5 Å². The minimum atomic E-state index is 0. The zero-order valence-electron chi connectivity index (χ0n) is 28.4. The summed E-state index contributed by atoms with van der Waals surface area (Å²) in [6, 6.07) is 0. The van der Waals surface area contributed by atoms with Crippen molar-refractivity contribution in [3.05, 3.63) is 0 Å². The Morgan fingerprint density at radius 3 is 0.744 bits per heavy atom. The van der Waals surface area contributed by atoms with E-state index >= 15 is 0 Å². The van der Waals surface area contributed by atoms with Crippen LogP contribution in [0.3, 0.4) is 0 Å². The second-order valence-electron chi connectivity index (χ2n) is 9.18. The van der Waals surface area contributed by atoms with Gasteiger partial charge in [-0.1, -0.05) is 47.5 Å². The Labute approximate surface area is 275 Å². The molecule has 0 saturated carbocycles. The van der Waals surface area contributed by atoms with Crippen molar-refractivity contribution in [2.75, 3.05) is 0 Å². The fourth-order valence-electron chi connectivity index (χ4n) is 2.09. The monoisotopic (exact) mass is 599 g/mol. The molecule has 0 atom stereocenters. The van der Waals surface area contributed by atoms with Crippen LogP contribution in [0.4, 0.5) is 0 Å². The molecule has 0 bridgehead atoms.